The van der Waals surface area contributed by atoms with E-state index in [1.54, 1.807) is 7.11 Å². The minimum absolute atomic E-state index is 0.211. The van der Waals surface area contributed by atoms with Crippen molar-refractivity contribution in [2.24, 2.45) is 0 Å². The summed E-state index contributed by atoms with van der Waals surface area (Å²) in [5.74, 6) is -0.348. The van der Waals surface area contributed by atoms with Gasteiger partial charge in [0, 0.05) is 11.6 Å². The quantitative estimate of drug-likeness (QED) is 0.239. The zero-order valence-electron chi connectivity index (χ0n) is 23.7. The first-order valence-electron chi connectivity index (χ1n) is 13.3. The van der Waals surface area contributed by atoms with Crippen LogP contribution < -0.4 is 10.1 Å². The van der Waals surface area contributed by atoms with Crippen LogP contribution >= 0.6 is 0 Å². The number of ether oxygens (including phenoxy) is 2. The van der Waals surface area contributed by atoms with E-state index in [-0.39, 0.29) is 6.61 Å². The zero-order valence-corrected chi connectivity index (χ0v) is 23.7. The molecule has 1 aliphatic rings. The van der Waals surface area contributed by atoms with E-state index in [1.165, 1.54) is 0 Å². The van der Waals surface area contributed by atoms with Gasteiger partial charge in [-0.15, -0.1) is 6.58 Å². The molecule has 0 spiro atoms. The summed E-state index contributed by atoms with van der Waals surface area (Å²) in [6, 6.07) is 26.9. The molecule has 0 radical (unpaired) electrons. The Kier molecular flexibility index (Phi) is 8.24. The first-order chi connectivity index (χ1) is 18.6. The van der Waals surface area contributed by atoms with E-state index >= 15 is 0 Å². The fourth-order valence-corrected chi connectivity index (χ4v) is 4.96. The van der Waals surface area contributed by atoms with Gasteiger partial charge < -0.3 is 24.1 Å². The van der Waals surface area contributed by atoms with Gasteiger partial charge in [0.1, 0.15) is 5.75 Å². The molecule has 1 saturated heterocycles. The number of carbonyl (C=O) groups is 1. The Balaban J connectivity index is 1.97. The van der Waals surface area contributed by atoms with Crippen LogP contribution in [0.15, 0.2) is 97.0 Å². The van der Waals surface area contributed by atoms with Gasteiger partial charge in [0.05, 0.1) is 24.9 Å². The molecule has 4 rings (SSSR count). The minimum Gasteiger partial charge on any atom is -0.497 e. The van der Waals surface area contributed by atoms with Crippen molar-refractivity contribution in [1.82, 2.24) is 0 Å². The third-order valence-electron chi connectivity index (χ3n) is 7.75. The fourth-order valence-electron chi connectivity index (χ4n) is 4.96. The second-order valence-corrected chi connectivity index (χ2v) is 10.8. The van der Waals surface area contributed by atoms with Crippen molar-refractivity contribution in [3.8, 4) is 5.75 Å². The van der Waals surface area contributed by atoms with Crippen LogP contribution in [-0.4, -0.2) is 38.0 Å². The van der Waals surface area contributed by atoms with E-state index in [0.717, 1.165) is 16.8 Å². The van der Waals surface area contributed by atoms with Gasteiger partial charge in [0.2, 0.25) is 0 Å². The molecule has 204 valence electrons. The van der Waals surface area contributed by atoms with Crippen LogP contribution in [0.2, 0.25) is 0 Å². The number of hydrogen-bond donors (Lipinski definition) is 1. The molecular formula is C32H38BNO5. The van der Waals surface area contributed by atoms with Crippen molar-refractivity contribution >= 4 is 18.8 Å². The third-order valence-corrected chi connectivity index (χ3v) is 7.75. The largest absolute Gasteiger partial charge is 0.497 e. The average molecular weight is 527 g/mol. The number of rotatable bonds is 10. The van der Waals surface area contributed by atoms with Gasteiger partial charge in [-0.3, -0.25) is 0 Å². The molecule has 1 N–H and O–H groups in total. The molecule has 0 aromatic heterocycles. The molecule has 6 nitrogen and oxygen atoms in total. The number of benzene rings is 3. The number of anilines is 1. The monoisotopic (exact) mass is 527 g/mol. The van der Waals surface area contributed by atoms with Crippen molar-refractivity contribution < 1.29 is 23.6 Å². The summed E-state index contributed by atoms with van der Waals surface area (Å²) < 4.78 is 24.1. The lowest BCUT2D eigenvalue weighted by Gasteiger charge is -2.42. The summed E-state index contributed by atoms with van der Waals surface area (Å²) in [4.78, 5) is 14.3. The minimum atomic E-state index is -1.41. The molecular weight excluding hydrogens is 489 g/mol. The van der Waals surface area contributed by atoms with Crippen LogP contribution in [0.4, 0.5) is 5.69 Å². The first kappa shape index (κ1) is 28.5. The number of hydrogen-bond acceptors (Lipinski definition) is 6. The number of nitrogens with one attached hydrogen (secondary N) is 1. The highest BCUT2D eigenvalue weighted by Gasteiger charge is 2.58. The molecule has 0 unspecified atom stereocenters. The number of esters is 1. The molecule has 1 aliphatic heterocycles. The summed E-state index contributed by atoms with van der Waals surface area (Å²) in [6.45, 7) is 14.6. The normalized spacial score (nSPS) is 18.1. The number of methoxy groups -OCH3 is 1. The maximum absolute atomic E-state index is 14.3. The summed E-state index contributed by atoms with van der Waals surface area (Å²) in [7, 11) is 0.866. The van der Waals surface area contributed by atoms with E-state index in [0.29, 0.717) is 11.2 Å². The van der Waals surface area contributed by atoms with Crippen molar-refractivity contribution in [1.29, 1.82) is 0 Å². The molecule has 0 bridgehead atoms. The first-order valence-corrected chi connectivity index (χ1v) is 13.3. The molecule has 1 heterocycles. The molecule has 0 aliphatic carbocycles. The van der Waals surface area contributed by atoms with Crippen LogP contribution in [0.25, 0.3) is 0 Å². The van der Waals surface area contributed by atoms with Crippen LogP contribution in [0.3, 0.4) is 0 Å². The van der Waals surface area contributed by atoms with E-state index < -0.39 is 35.7 Å². The molecule has 39 heavy (non-hydrogen) atoms. The van der Waals surface area contributed by atoms with Crippen molar-refractivity contribution in [2.45, 2.75) is 57.3 Å². The highest BCUT2D eigenvalue weighted by Crippen LogP contribution is 2.49. The Morgan fingerprint density at radius 1 is 0.923 bits per heavy atom. The molecule has 3 aromatic rings. The van der Waals surface area contributed by atoms with E-state index in [2.05, 4.69) is 11.9 Å². The van der Waals surface area contributed by atoms with Crippen LogP contribution in [0, 0.1) is 0 Å². The Morgan fingerprint density at radius 3 is 1.97 bits per heavy atom. The Labute approximate surface area is 232 Å². The number of carbonyl (C=O) groups excluding carboxylic acids is 1. The summed E-state index contributed by atoms with van der Waals surface area (Å²) in [6.07, 6.45) is 0. The van der Waals surface area contributed by atoms with Crippen molar-refractivity contribution in [2.75, 3.05) is 19.0 Å². The van der Waals surface area contributed by atoms with E-state index in [9.17, 15) is 4.79 Å². The lowest BCUT2D eigenvalue weighted by Crippen LogP contribution is -2.52. The Hall–Kier alpha value is -3.55. The van der Waals surface area contributed by atoms with Crippen LogP contribution in [0.1, 0.15) is 51.7 Å². The van der Waals surface area contributed by atoms with Crippen LogP contribution in [0.5, 0.6) is 5.75 Å². The highest BCUT2D eigenvalue weighted by molar-refractivity contribution is 6.55. The summed E-state index contributed by atoms with van der Waals surface area (Å²) in [5, 5.41) is 3.59. The molecule has 7 heteroatoms. The Morgan fingerprint density at radius 2 is 1.46 bits per heavy atom. The second-order valence-electron chi connectivity index (χ2n) is 10.8. The molecule has 0 amide bonds. The Bertz CT molecular complexity index is 1260. The van der Waals surface area contributed by atoms with Crippen molar-refractivity contribution in [3.05, 3.63) is 108 Å². The van der Waals surface area contributed by atoms with Gasteiger partial charge in [-0.05, 0) is 75.5 Å². The standard InChI is InChI=1S/C32H38BNO5/c1-8-37-29(35)32(25-17-13-10-14-18-25,34-26-19-21-27(36-7)22-20-26)28(24-15-11-9-12-16-24)23(2)33-38-30(3,4)31(5,6)39-33/h9-22,28,34H,2,8H2,1,3-7H3/t28-,32-/m1/s1. The zero-order chi connectivity index (χ0) is 28.3. The fraction of sp³-hybridized carbons (Fsp3) is 0.344. The SMILES string of the molecule is C=C(B1OC(C)(C)C(C)(C)O1)[C@H](c1ccccc1)[C@@](Nc1ccc(OC)cc1)(C(=O)OCC)c1ccccc1. The maximum atomic E-state index is 14.3. The lowest BCUT2D eigenvalue weighted by atomic mass is 9.60. The average Bonchev–Trinajstić information content (AvgIpc) is 3.16. The molecule has 3 aromatic carbocycles. The summed E-state index contributed by atoms with van der Waals surface area (Å²) >= 11 is 0. The second kappa shape index (κ2) is 11.3. The third kappa shape index (κ3) is 5.47. The molecule has 2 atom stereocenters. The molecule has 1 fully saturated rings. The van der Waals surface area contributed by atoms with Crippen molar-refractivity contribution in [3.63, 3.8) is 0 Å². The topological polar surface area (TPSA) is 66.0 Å². The van der Waals surface area contributed by atoms with Gasteiger partial charge in [0.15, 0.2) is 5.54 Å². The van der Waals surface area contributed by atoms with E-state index in [1.807, 2.05) is 120 Å². The van der Waals surface area contributed by atoms with Gasteiger partial charge in [-0.1, -0.05) is 60.7 Å². The van der Waals surface area contributed by atoms with Gasteiger partial charge in [0.25, 0.3) is 0 Å². The van der Waals surface area contributed by atoms with Gasteiger partial charge in [-0.2, -0.15) is 0 Å². The predicted octanol–water partition coefficient (Wildman–Crippen LogP) is 6.54. The van der Waals surface area contributed by atoms with E-state index in [4.69, 9.17) is 18.8 Å². The predicted molar refractivity (Wildman–Crippen MR) is 156 cm³/mol. The van der Waals surface area contributed by atoms with Gasteiger partial charge >= 0.3 is 13.1 Å². The van der Waals surface area contributed by atoms with Crippen LogP contribution in [-0.2, 0) is 24.4 Å². The lowest BCUT2D eigenvalue weighted by molar-refractivity contribution is -0.149. The van der Waals surface area contributed by atoms with Gasteiger partial charge in [-0.25, -0.2) is 4.79 Å². The maximum Gasteiger partial charge on any atom is 0.490 e. The summed E-state index contributed by atoms with van der Waals surface area (Å²) in [5.41, 5.74) is 0.359. The smallest absolute Gasteiger partial charge is 0.490 e. The highest BCUT2D eigenvalue weighted by atomic mass is 16.7. The molecule has 0 saturated carbocycles.